The van der Waals surface area contributed by atoms with Crippen molar-refractivity contribution in [1.82, 2.24) is 0 Å². The highest BCUT2D eigenvalue weighted by molar-refractivity contribution is 6.16. The maximum Gasteiger partial charge on any atom is 0.269 e. The molecule has 3 aromatic rings. The lowest BCUT2D eigenvalue weighted by Crippen LogP contribution is -2.17. The summed E-state index contributed by atoms with van der Waals surface area (Å²) in [5.74, 6) is 1.33. The van der Waals surface area contributed by atoms with Crippen LogP contribution >= 0.6 is 0 Å². The molecule has 0 saturated heterocycles. The predicted octanol–water partition coefficient (Wildman–Crippen LogP) is 4.61. The van der Waals surface area contributed by atoms with Gasteiger partial charge in [0.15, 0.2) is 5.84 Å². The summed E-state index contributed by atoms with van der Waals surface area (Å²) in [4.78, 5) is 20.0. The smallest absolute Gasteiger partial charge is 0.269 e. The van der Waals surface area contributed by atoms with Crippen LogP contribution in [0.5, 0.6) is 0 Å². The van der Waals surface area contributed by atoms with Crippen LogP contribution in [0.1, 0.15) is 17.2 Å². The number of anilines is 1. The molecule has 6 heteroatoms. The Labute approximate surface area is 156 Å². The molecule has 0 spiro atoms. The quantitative estimate of drug-likeness (QED) is 0.548. The highest BCUT2D eigenvalue weighted by Gasteiger charge is 2.26. The highest BCUT2D eigenvalue weighted by atomic mass is 16.6. The van der Waals surface area contributed by atoms with E-state index in [4.69, 9.17) is 9.98 Å². The van der Waals surface area contributed by atoms with Crippen molar-refractivity contribution in [3.63, 3.8) is 0 Å². The third-order valence-corrected chi connectivity index (χ3v) is 4.23. The average molecular weight is 356 g/mol. The molecule has 4 rings (SSSR count). The minimum atomic E-state index is -0.408. The lowest BCUT2D eigenvalue weighted by atomic mass is 10.1. The van der Waals surface area contributed by atoms with Gasteiger partial charge < -0.3 is 5.32 Å². The van der Waals surface area contributed by atoms with Crippen LogP contribution in [0.3, 0.4) is 0 Å². The molecule has 0 amide bonds. The van der Waals surface area contributed by atoms with Crippen LogP contribution in [0.2, 0.25) is 0 Å². The van der Waals surface area contributed by atoms with Gasteiger partial charge in [0, 0.05) is 23.4 Å². The Morgan fingerprint density at radius 2 is 1.48 bits per heavy atom. The number of nitro groups is 1. The first kappa shape index (κ1) is 16.7. The van der Waals surface area contributed by atoms with Gasteiger partial charge in [-0.1, -0.05) is 48.5 Å². The zero-order valence-corrected chi connectivity index (χ0v) is 14.3. The maximum atomic E-state index is 10.9. The van der Waals surface area contributed by atoms with Crippen molar-refractivity contribution >= 4 is 23.0 Å². The topological polar surface area (TPSA) is 79.9 Å². The summed E-state index contributed by atoms with van der Waals surface area (Å²) in [6.45, 7) is 0. The fraction of sp³-hybridized carbons (Fsp3) is 0.0476. The van der Waals surface area contributed by atoms with Crippen LogP contribution in [0, 0.1) is 10.1 Å². The Kier molecular flexibility index (Phi) is 4.45. The van der Waals surface area contributed by atoms with Crippen molar-refractivity contribution in [2.45, 2.75) is 6.04 Å². The van der Waals surface area contributed by atoms with Crippen LogP contribution in [0.15, 0.2) is 94.9 Å². The highest BCUT2D eigenvalue weighted by Crippen LogP contribution is 2.28. The number of hydrogen-bond donors (Lipinski definition) is 1. The number of nitrogens with one attached hydrogen (secondary N) is 1. The first-order valence-corrected chi connectivity index (χ1v) is 8.49. The molecule has 27 heavy (non-hydrogen) atoms. The normalized spacial score (nSPS) is 15.8. The molecular weight excluding hydrogens is 340 g/mol. The molecule has 1 N–H and O–H groups in total. The van der Waals surface area contributed by atoms with Gasteiger partial charge in [0.2, 0.25) is 0 Å². The molecule has 1 heterocycles. The number of benzene rings is 3. The van der Waals surface area contributed by atoms with Crippen molar-refractivity contribution in [2.24, 2.45) is 9.98 Å². The van der Waals surface area contributed by atoms with Crippen molar-refractivity contribution in [3.8, 4) is 0 Å². The molecule has 1 aliphatic heterocycles. The lowest BCUT2D eigenvalue weighted by molar-refractivity contribution is -0.384. The fourth-order valence-corrected chi connectivity index (χ4v) is 2.89. The molecule has 1 aliphatic rings. The van der Waals surface area contributed by atoms with E-state index in [1.54, 1.807) is 12.1 Å². The number of para-hydroxylation sites is 1. The molecule has 0 bridgehead atoms. The van der Waals surface area contributed by atoms with Gasteiger partial charge in [0.05, 0.1) is 4.92 Å². The summed E-state index contributed by atoms with van der Waals surface area (Å²) < 4.78 is 0. The number of nitro benzene ring substituents is 1. The van der Waals surface area contributed by atoms with E-state index < -0.39 is 4.92 Å². The van der Waals surface area contributed by atoms with Gasteiger partial charge in [-0.2, -0.15) is 0 Å². The molecule has 3 aromatic carbocycles. The first-order chi connectivity index (χ1) is 13.2. The molecular formula is C21H16N4O2. The third kappa shape index (κ3) is 3.59. The standard InChI is InChI=1S/C21H16N4O2/c26-25(27)18-13-11-15(12-14-18)19-21(22-17-9-5-2-6-10-17)24-20(23-19)16-7-3-1-4-8-16/h1-14,19H,(H,22,23,24). The van der Waals surface area contributed by atoms with E-state index in [0.717, 1.165) is 16.8 Å². The molecule has 0 fully saturated rings. The Morgan fingerprint density at radius 1 is 0.852 bits per heavy atom. The molecule has 0 aromatic heterocycles. The van der Waals surface area contributed by atoms with E-state index in [9.17, 15) is 10.1 Å². The summed E-state index contributed by atoms with van der Waals surface area (Å²) in [6.07, 6.45) is 0. The van der Waals surface area contributed by atoms with E-state index >= 15 is 0 Å². The van der Waals surface area contributed by atoms with E-state index in [2.05, 4.69) is 5.32 Å². The van der Waals surface area contributed by atoms with Crippen LogP contribution < -0.4 is 5.32 Å². The Balaban J connectivity index is 1.70. The average Bonchev–Trinajstić information content (AvgIpc) is 3.13. The van der Waals surface area contributed by atoms with E-state index in [-0.39, 0.29) is 11.7 Å². The zero-order valence-electron chi connectivity index (χ0n) is 14.3. The second-order valence-corrected chi connectivity index (χ2v) is 6.06. The van der Waals surface area contributed by atoms with Crippen molar-refractivity contribution in [1.29, 1.82) is 0 Å². The Morgan fingerprint density at radius 3 is 2.11 bits per heavy atom. The van der Waals surface area contributed by atoms with Gasteiger partial charge in [-0.3, -0.25) is 10.1 Å². The number of hydrogen-bond acceptors (Lipinski definition) is 5. The van der Waals surface area contributed by atoms with Gasteiger partial charge in [-0.15, -0.1) is 0 Å². The minimum Gasteiger partial charge on any atom is -0.342 e. The predicted molar refractivity (Wildman–Crippen MR) is 106 cm³/mol. The molecule has 132 valence electrons. The van der Waals surface area contributed by atoms with Crippen molar-refractivity contribution in [2.75, 3.05) is 5.32 Å². The third-order valence-electron chi connectivity index (χ3n) is 4.23. The number of aliphatic imine (C=N–C) groups is 2. The first-order valence-electron chi connectivity index (χ1n) is 8.49. The largest absolute Gasteiger partial charge is 0.342 e. The molecule has 0 aliphatic carbocycles. The SMILES string of the molecule is O=[N+]([O-])c1ccc(C2N=C(c3ccccc3)N=C2Nc2ccccc2)cc1. The van der Waals surface area contributed by atoms with Crippen molar-refractivity contribution < 1.29 is 4.92 Å². The number of rotatable bonds is 4. The van der Waals surface area contributed by atoms with Gasteiger partial charge in [0.25, 0.3) is 5.69 Å². The van der Waals surface area contributed by atoms with Gasteiger partial charge in [-0.05, 0) is 29.8 Å². The van der Waals surface area contributed by atoms with Crippen LogP contribution in [-0.2, 0) is 0 Å². The monoisotopic (exact) mass is 356 g/mol. The number of nitrogens with zero attached hydrogens (tertiary/aromatic N) is 3. The summed E-state index contributed by atoms with van der Waals surface area (Å²) in [5.41, 5.74) is 2.73. The molecule has 0 saturated carbocycles. The van der Waals surface area contributed by atoms with Gasteiger partial charge >= 0.3 is 0 Å². The van der Waals surface area contributed by atoms with E-state index in [1.165, 1.54) is 12.1 Å². The molecule has 0 radical (unpaired) electrons. The number of non-ortho nitro benzene ring substituents is 1. The maximum absolute atomic E-state index is 10.9. The zero-order chi connectivity index (χ0) is 18.6. The molecule has 1 unspecified atom stereocenters. The Hall–Kier alpha value is -3.80. The summed E-state index contributed by atoms with van der Waals surface area (Å²) >= 11 is 0. The molecule has 1 atom stereocenters. The van der Waals surface area contributed by atoms with Crippen LogP contribution in [-0.4, -0.2) is 16.6 Å². The second-order valence-electron chi connectivity index (χ2n) is 6.06. The fourth-order valence-electron chi connectivity index (χ4n) is 2.89. The minimum absolute atomic E-state index is 0.0542. The molecule has 6 nitrogen and oxygen atoms in total. The summed E-state index contributed by atoms with van der Waals surface area (Å²) in [7, 11) is 0. The van der Waals surface area contributed by atoms with E-state index in [0.29, 0.717) is 11.7 Å². The van der Waals surface area contributed by atoms with Gasteiger partial charge in [-0.25, -0.2) is 9.98 Å². The summed E-state index contributed by atoms with van der Waals surface area (Å²) in [5, 5.41) is 14.2. The summed E-state index contributed by atoms with van der Waals surface area (Å²) in [6, 6.07) is 25.6. The van der Waals surface area contributed by atoms with Crippen LogP contribution in [0.4, 0.5) is 11.4 Å². The van der Waals surface area contributed by atoms with Crippen molar-refractivity contribution in [3.05, 3.63) is 106 Å². The van der Waals surface area contributed by atoms with Gasteiger partial charge in [0.1, 0.15) is 11.9 Å². The van der Waals surface area contributed by atoms with E-state index in [1.807, 2.05) is 60.7 Å². The van der Waals surface area contributed by atoms with Crippen LogP contribution in [0.25, 0.3) is 0 Å². The second kappa shape index (κ2) is 7.21. The number of amidine groups is 2. The Bertz CT molecular complexity index is 1010. The lowest BCUT2D eigenvalue weighted by Gasteiger charge is -2.13.